The number of fused-ring (bicyclic) bond motifs is 1. The first-order valence-electron chi connectivity index (χ1n) is 8.32. The van der Waals surface area contributed by atoms with Crippen molar-refractivity contribution in [2.45, 2.75) is 13.5 Å². The van der Waals surface area contributed by atoms with Crippen LogP contribution in [0.2, 0.25) is 0 Å². The Balaban J connectivity index is 0.00000261. The number of aryl methyl sites for hydroxylation is 1. The largest absolute Gasteiger partial charge is 0.462 e. The lowest BCUT2D eigenvalue weighted by Crippen LogP contribution is -2.06. The average Bonchev–Trinajstić information content (AvgIpc) is 2.97. The third-order valence-corrected chi connectivity index (χ3v) is 4.07. The van der Waals surface area contributed by atoms with Crippen molar-refractivity contribution in [2.75, 3.05) is 11.9 Å². The molecule has 0 amide bonds. The number of nitrogens with zero attached hydrogens (tertiary/aromatic N) is 3. The Morgan fingerprint density at radius 3 is 2.70 bits per heavy atom. The Morgan fingerprint density at radius 1 is 1.30 bits per heavy atom. The Morgan fingerprint density at radius 2 is 2.04 bits per heavy atom. The highest BCUT2D eigenvalue weighted by Gasteiger charge is 2.12. The Labute approximate surface area is 163 Å². The topological polar surface area (TPSA) is 94.5 Å². The number of nitrogens with two attached hydrogens (primary N) is 1. The Hall–Kier alpha value is -3.06. The first kappa shape index (κ1) is 20.3. The van der Waals surface area contributed by atoms with Crippen molar-refractivity contribution < 1.29 is 9.53 Å². The van der Waals surface area contributed by atoms with Gasteiger partial charge in [-0.1, -0.05) is 12.1 Å². The van der Waals surface area contributed by atoms with Gasteiger partial charge in [-0.3, -0.25) is 0 Å². The molecule has 142 valence electrons. The fourth-order valence-electron chi connectivity index (χ4n) is 2.70. The van der Waals surface area contributed by atoms with Crippen LogP contribution in [-0.2, 0) is 18.3 Å². The van der Waals surface area contributed by atoms with Gasteiger partial charge in [0.25, 0.3) is 0 Å². The number of ether oxygens (including phenoxy) is 1. The summed E-state index contributed by atoms with van der Waals surface area (Å²) >= 11 is 0. The van der Waals surface area contributed by atoms with Gasteiger partial charge in [0, 0.05) is 12.7 Å². The van der Waals surface area contributed by atoms with Crippen LogP contribution in [0.25, 0.3) is 11.0 Å². The summed E-state index contributed by atoms with van der Waals surface area (Å²) in [5.74, 6) is 5.68. The number of aromatic nitrogens is 2. The summed E-state index contributed by atoms with van der Waals surface area (Å²) in [6.45, 7) is 2.70. The number of imidazole rings is 1. The fourth-order valence-corrected chi connectivity index (χ4v) is 2.70. The first-order chi connectivity index (χ1) is 12.6. The van der Waals surface area contributed by atoms with Gasteiger partial charge >= 0.3 is 5.97 Å². The van der Waals surface area contributed by atoms with E-state index in [1.54, 1.807) is 25.3 Å². The zero-order chi connectivity index (χ0) is 18.5. The minimum atomic E-state index is -0.333. The fraction of sp³-hybridized carbons (Fsp3) is 0.211. The SMILES string of the molecule is CCOC(=O)c1ccc2c(c1)nc(CNc1ccc(C=NN)cc1)n2C.Cl. The van der Waals surface area contributed by atoms with Crippen molar-refractivity contribution in [2.24, 2.45) is 18.0 Å². The molecular weight excluding hydrogens is 366 g/mol. The van der Waals surface area contributed by atoms with E-state index in [9.17, 15) is 4.79 Å². The zero-order valence-electron chi connectivity index (χ0n) is 15.2. The van der Waals surface area contributed by atoms with E-state index in [0.717, 1.165) is 28.1 Å². The van der Waals surface area contributed by atoms with Gasteiger partial charge in [0.05, 0.1) is 36.0 Å². The van der Waals surface area contributed by atoms with Crippen LogP contribution in [0.5, 0.6) is 0 Å². The van der Waals surface area contributed by atoms with E-state index in [-0.39, 0.29) is 18.4 Å². The molecule has 0 fully saturated rings. The van der Waals surface area contributed by atoms with Crippen molar-refractivity contribution in [1.82, 2.24) is 9.55 Å². The van der Waals surface area contributed by atoms with Gasteiger partial charge in [0.15, 0.2) is 0 Å². The molecule has 0 atom stereocenters. The molecule has 0 radical (unpaired) electrons. The zero-order valence-corrected chi connectivity index (χ0v) is 16.0. The van der Waals surface area contributed by atoms with E-state index in [1.165, 1.54) is 0 Å². The van der Waals surface area contributed by atoms with Gasteiger partial charge in [0.1, 0.15) is 5.82 Å². The molecule has 0 unspecified atom stereocenters. The molecular formula is C19H22ClN5O2. The number of anilines is 1. The summed E-state index contributed by atoms with van der Waals surface area (Å²) in [7, 11) is 1.96. The van der Waals surface area contributed by atoms with Gasteiger partial charge < -0.3 is 20.5 Å². The van der Waals surface area contributed by atoms with Crippen molar-refractivity contribution in [3.05, 3.63) is 59.4 Å². The van der Waals surface area contributed by atoms with Crippen LogP contribution in [0.15, 0.2) is 47.6 Å². The number of halogens is 1. The molecule has 0 saturated carbocycles. The summed E-state index contributed by atoms with van der Waals surface area (Å²) in [5.41, 5.74) is 4.15. The van der Waals surface area contributed by atoms with E-state index in [1.807, 2.05) is 41.9 Å². The van der Waals surface area contributed by atoms with Crippen LogP contribution in [0.3, 0.4) is 0 Å². The predicted molar refractivity (Wildman–Crippen MR) is 109 cm³/mol. The summed E-state index contributed by atoms with van der Waals surface area (Å²) in [5, 5.41) is 6.84. The number of esters is 1. The number of carbonyl (C=O) groups is 1. The van der Waals surface area contributed by atoms with Gasteiger partial charge in [0.2, 0.25) is 0 Å². The van der Waals surface area contributed by atoms with Crippen molar-refractivity contribution in [1.29, 1.82) is 0 Å². The maximum absolute atomic E-state index is 11.9. The molecule has 1 aromatic heterocycles. The monoisotopic (exact) mass is 387 g/mol. The van der Waals surface area contributed by atoms with Crippen molar-refractivity contribution >= 4 is 41.3 Å². The molecule has 8 heteroatoms. The summed E-state index contributed by atoms with van der Waals surface area (Å²) in [4.78, 5) is 16.5. The molecule has 3 N–H and O–H groups in total. The molecule has 3 rings (SSSR count). The summed E-state index contributed by atoms with van der Waals surface area (Å²) in [6.07, 6.45) is 1.59. The molecule has 0 saturated heterocycles. The normalized spacial score (nSPS) is 10.7. The van der Waals surface area contributed by atoms with Crippen molar-refractivity contribution in [3.63, 3.8) is 0 Å². The number of benzene rings is 2. The molecule has 0 spiro atoms. The van der Waals surface area contributed by atoms with Crippen LogP contribution in [0.4, 0.5) is 5.69 Å². The van der Waals surface area contributed by atoms with Gasteiger partial charge in [-0.2, -0.15) is 5.10 Å². The van der Waals surface area contributed by atoms with E-state index in [2.05, 4.69) is 15.4 Å². The number of carbonyl (C=O) groups excluding carboxylic acids is 1. The minimum Gasteiger partial charge on any atom is -0.462 e. The lowest BCUT2D eigenvalue weighted by molar-refractivity contribution is 0.0526. The smallest absolute Gasteiger partial charge is 0.338 e. The lowest BCUT2D eigenvalue weighted by atomic mass is 10.2. The number of hydrazone groups is 1. The number of hydrogen-bond acceptors (Lipinski definition) is 6. The van der Waals surface area contributed by atoms with Gasteiger partial charge in [-0.15, -0.1) is 12.4 Å². The van der Waals surface area contributed by atoms with Crippen LogP contribution in [0, 0.1) is 0 Å². The highest BCUT2D eigenvalue weighted by atomic mass is 35.5. The van der Waals surface area contributed by atoms with Crippen LogP contribution in [0.1, 0.15) is 28.7 Å². The van der Waals surface area contributed by atoms with E-state index in [0.29, 0.717) is 18.7 Å². The number of hydrogen-bond donors (Lipinski definition) is 2. The van der Waals surface area contributed by atoms with Crippen LogP contribution >= 0.6 is 12.4 Å². The molecule has 3 aromatic rings. The third kappa shape index (κ3) is 4.57. The van der Waals surface area contributed by atoms with E-state index >= 15 is 0 Å². The molecule has 2 aromatic carbocycles. The molecule has 0 aliphatic carbocycles. The average molecular weight is 388 g/mol. The first-order valence-corrected chi connectivity index (χ1v) is 8.32. The molecule has 1 heterocycles. The standard InChI is InChI=1S/C19H21N5O2.ClH/c1-3-26-19(25)14-6-9-17-16(10-14)23-18(24(17)2)12-21-15-7-4-13(5-8-15)11-22-20;/h4-11,21H,3,12,20H2,1-2H3;1H. The second-order valence-corrected chi connectivity index (χ2v) is 5.76. The Kier molecular flexibility index (Phi) is 6.79. The van der Waals surface area contributed by atoms with Gasteiger partial charge in [-0.05, 0) is 42.8 Å². The van der Waals surface area contributed by atoms with Gasteiger partial charge in [-0.25, -0.2) is 9.78 Å². The Bertz CT molecular complexity index is 951. The maximum atomic E-state index is 11.9. The van der Waals surface area contributed by atoms with Crippen LogP contribution < -0.4 is 11.2 Å². The number of rotatable bonds is 6. The summed E-state index contributed by atoms with van der Waals surface area (Å²) in [6, 6.07) is 13.2. The third-order valence-electron chi connectivity index (χ3n) is 4.07. The van der Waals surface area contributed by atoms with E-state index < -0.39 is 0 Å². The molecule has 0 aliphatic rings. The second-order valence-electron chi connectivity index (χ2n) is 5.76. The van der Waals surface area contributed by atoms with Crippen LogP contribution in [-0.4, -0.2) is 28.3 Å². The number of nitrogens with one attached hydrogen (secondary N) is 1. The second kappa shape index (κ2) is 9.05. The molecule has 27 heavy (non-hydrogen) atoms. The highest BCUT2D eigenvalue weighted by Crippen LogP contribution is 2.18. The highest BCUT2D eigenvalue weighted by molar-refractivity contribution is 5.93. The molecule has 7 nitrogen and oxygen atoms in total. The minimum absolute atomic E-state index is 0. The predicted octanol–water partition coefficient (Wildman–Crippen LogP) is 3.08. The molecule has 0 bridgehead atoms. The molecule has 0 aliphatic heterocycles. The van der Waals surface area contributed by atoms with E-state index in [4.69, 9.17) is 10.6 Å². The quantitative estimate of drug-likeness (QED) is 0.293. The van der Waals surface area contributed by atoms with Crippen molar-refractivity contribution in [3.8, 4) is 0 Å². The lowest BCUT2D eigenvalue weighted by Gasteiger charge is -2.07. The maximum Gasteiger partial charge on any atom is 0.338 e. The summed E-state index contributed by atoms with van der Waals surface area (Å²) < 4.78 is 7.05.